The van der Waals surface area contributed by atoms with E-state index < -0.39 is 17.4 Å². The Morgan fingerprint density at radius 1 is 0.919 bits per heavy atom. The van der Waals surface area contributed by atoms with Crippen molar-refractivity contribution >= 4 is 40.0 Å². The van der Waals surface area contributed by atoms with E-state index in [9.17, 15) is 14.4 Å². The second-order valence-electron chi connectivity index (χ2n) is 10.3. The number of para-hydroxylation sites is 2. The molecule has 0 bridgehead atoms. The van der Waals surface area contributed by atoms with Crippen LogP contribution in [-0.2, 0) is 15.1 Å². The molecule has 8 heteroatoms. The molecule has 4 aromatic rings. The summed E-state index contributed by atoms with van der Waals surface area (Å²) in [5, 5.41) is 0.989. The molecule has 2 unspecified atom stereocenters. The number of hydrogen-bond donors (Lipinski definition) is 0. The van der Waals surface area contributed by atoms with Crippen LogP contribution in [0.3, 0.4) is 0 Å². The number of fused-ring (bicyclic) bond motifs is 11. The Morgan fingerprint density at radius 3 is 2.59 bits per heavy atom. The van der Waals surface area contributed by atoms with Crippen LogP contribution in [0, 0.1) is 11.8 Å². The molecule has 0 N–H and O–H groups in total. The molecule has 3 aromatic carbocycles. The van der Waals surface area contributed by atoms with Gasteiger partial charge in [0.2, 0.25) is 11.8 Å². The third-order valence-electron chi connectivity index (χ3n) is 8.71. The second kappa shape index (κ2) is 7.15. The zero-order valence-electron chi connectivity index (χ0n) is 19.7. The van der Waals surface area contributed by atoms with Crippen LogP contribution in [-0.4, -0.2) is 38.9 Å². The molecule has 4 aliphatic heterocycles. The van der Waals surface area contributed by atoms with Crippen molar-refractivity contribution in [1.82, 2.24) is 14.5 Å². The third-order valence-corrected chi connectivity index (χ3v) is 8.94. The molecule has 5 heterocycles. The van der Waals surface area contributed by atoms with E-state index in [2.05, 4.69) is 4.90 Å². The van der Waals surface area contributed by atoms with Gasteiger partial charge < -0.3 is 0 Å². The van der Waals surface area contributed by atoms with Gasteiger partial charge in [0.1, 0.15) is 11.4 Å². The van der Waals surface area contributed by atoms with Crippen molar-refractivity contribution in [3.05, 3.63) is 99.6 Å². The van der Waals surface area contributed by atoms with Crippen molar-refractivity contribution in [2.24, 2.45) is 11.8 Å². The van der Waals surface area contributed by atoms with E-state index in [-0.39, 0.29) is 23.4 Å². The summed E-state index contributed by atoms with van der Waals surface area (Å²) in [7, 11) is 0. The summed E-state index contributed by atoms with van der Waals surface area (Å²) in [4.78, 5) is 51.0. The minimum atomic E-state index is -1.01. The van der Waals surface area contributed by atoms with Crippen LogP contribution in [0.1, 0.15) is 24.2 Å². The lowest BCUT2D eigenvalue weighted by Gasteiger charge is -2.38. The Kier molecular flexibility index (Phi) is 4.11. The van der Waals surface area contributed by atoms with E-state index in [4.69, 9.17) is 16.6 Å². The van der Waals surface area contributed by atoms with Gasteiger partial charge in [-0.15, -0.1) is 0 Å². The van der Waals surface area contributed by atoms with Crippen molar-refractivity contribution in [3.8, 4) is 5.69 Å². The SMILES string of the molecule is O=C1[C@H]2C3CCCN3C3(c4ccccc4-n4c3nc3ccccc3c4=O)[C@H]2C(=O)N1c1cccc(Cl)c1. The van der Waals surface area contributed by atoms with Crippen LogP contribution in [0.4, 0.5) is 5.69 Å². The molecule has 1 spiro atoms. The molecular formula is C29H21ClN4O3. The molecule has 0 aliphatic carbocycles. The summed E-state index contributed by atoms with van der Waals surface area (Å²) in [6, 6.07) is 21.8. The highest BCUT2D eigenvalue weighted by atomic mass is 35.5. The largest absolute Gasteiger partial charge is 0.283 e. The van der Waals surface area contributed by atoms with Crippen LogP contribution in [0.25, 0.3) is 16.6 Å². The molecule has 182 valence electrons. The number of benzene rings is 3. The summed E-state index contributed by atoms with van der Waals surface area (Å²) < 4.78 is 1.68. The minimum absolute atomic E-state index is 0.117. The summed E-state index contributed by atoms with van der Waals surface area (Å²) in [6.07, 6.45) is 1.72. The van der Waals surface area contributed by atoms with E-state index in [1.165, 1.54) is 4.90 Å². The highest BCUT2D eigenvalue weighted by molar-refractivity contribution is 6.31. The maximum Gasteiger partial charge on any atom is 0.266 e. The minimum Gasteiger partial charge on any atom is -0.283 e. The number of hydrogen-bond acceptors (Lipinski definition) is 5. The van der Waals surface area contributed by atoms with Crippen molar-refractivity contribution in [3.63, 3.8) is 0 Å². The first-order valence-electron chi connectivity index (χ1n) is 12.6. The molecule has 0 radical (unpaired) electrons. The number of carbonyl (C=O) groups is 2. The highest BCUT2D eigenvalue weighted by Crippen LogP contribution is 2.62. The number of rotatable bonds is 1. The fourth-order valence-electron chi connectivity index (χ4n) is 7.48. The first-order valence-corrected chi connectivity index (χ1v) is 12.9. The van der Waals surface area contributed by atoms with E-state index in [0.717, 1.165) is 30.6 Å². The number of nitrogens with zero attached hydrogens (tertiary/aromatic N) is 4. The maximum atomic E-state index is 14.4. The van der Waals surface area contributed by atoms with Gasteiger partial charge in [-0.05, 0) is 55.8 Å². The molecule has 2 amide bonds. The quantitative estimate of drug-likeness (QED) is 0.365. The molecule has 0 saturated carbocycles. The van der Waals surface area contributed by atoms with Gasteiger partial charge in [0.25, 0.3) is 5.56 Å². The molecule has 4 atom stereocenters. The first-order chi connectivity index (χ1) is 18.0. The number of anilines is 1. The lowest BCUT2D eigenvalue weighted by molar-refractivity contribution is -0.124. The van der Waals surface area contributed by atoms with E-state index in [1.807, 2.05) is 42.5 Å². The zero-order chi connectivity index (χ0) is 25.1. The van der Waals surface area contributed by atoms with Crippen molar-refractivity contribution in [2.45, 2.75) is 24.4 Å². The Hall–Kier alpha value is -3.81. The van der Waals surface area contributed by atoms with Crippen LogP contribution in [0.15, 0.2) is 77.6 Å². The van der Waals surface area contributed by atoms with E-state index in [1.54, 1.807) is 34.9 Å². The lowest BCUT2D eigenvalue weighted by atomic mass is 9.75. The molecule has 3 saturated heterocycles. The fraction of sp³-hybridized carbons (Fsp3) is 0.241. The number of imide groups is 1. The van der Waals surface area contributed by atoms with Gasteiger partial charge in [0.15, 0.2) is 0 Å². The predicted molar refractivity (Wildman–Crippen MR) is 139 cm³/mol. The van der Waals surface area contributed by atoms with Gasteiger partial charge >= 0.3 is 0 Å². The Labute approximate surface area is 216 Å². The van der Waals surface area contributed by atoms with Crippen molar-refractivity contribution < 1.29 is 9.59 Å². The predicted octanol–water partition coefficient (Wildman–Crippen LogP) is 3.88. The number of amides is 2. The zero-order valence-corrected chi connectivity index (χ0v) is 20.4. The average molecular weight is 509 g/mol. The highest BCUT2D eigenvalue weighted by Gasteiger charge is 2.73. The van der Waals surface area contributed by atoms with Gasteiger partial charge in [-0.2, -0.15) is 0 Å². The fourth-order valence-corrected chi connectivity index (χ4v) is 7.67. The van der Waals surface area contributed by atoms with Crippen LogP contribution < -0.4 is 10.5 Å². The average Bonchev–Trinajstić information content (AvgIpc) is 3.61. The van der Waals surface area contributed by atoms with Gasteiger partial charge in [-0.25, -0.2) is 9.88 Å². The van der Waals surface area contributed by atoms with E-state index >= 15 is 0 Å². The molecule has 8 rings (SSSR count). The van der Waals surface area contributed by atoms with Gasteiger partial charge in [0.05, 0.1) is 34.1 Å². The topological polar surface area (TPSA) is 75.5 Å². The number of carbonyl (C=O) groups excluding carboxylic acids is 2. The third kappa shape index (κ3) is 2.42. The second-order valence-corrected chi connectivity index (χ2v) is 10.7. The van der Waals surface area contributed by atoms with Crippen molar-refractivity contribution in [1.29, 1.82) is 0 Å². The molecule has 4 aliphatic rings. The first kappa shape index (κ1) is 21.3. The maximum absolute atomic E-state index is 14.4. The number of aromatic nitrogens is 2. The molecule has 37 heavy (non-hydrogen) atoms. The van der Waals surface area contributed by atoms with Gasteiger partial charge in [0, 0.05) is 16.6 Å². The summed E-state index contributed by atoms with van der Waals surface area (Å²) in [6.45, 7) is 0.729. The molecule has 7 nitrogen and oxygen atoms in total. The lowest BCUT2D eigenvalue weighted by Crippen LogP contribution is -2.51. The van der Waals surface area contributed by atoms with Crippen LogP contribution in [0.2, 0.25) is 5.02 Å². The van der Waals surface area contributed by atoms with Gasteiger partial charge in [-0.1, -0.05) is 48.0 Å². The molecule has 3 fully saturated rings. The molecular weight excluding hydrogens is 488 g/mol. The summed E-state index contributed by atoms with van der Waals surface area (Å²) in [5.41, 5.74) is 1.50. The number of halogens is 1. The summed E-state index contributed by atoms with van der Waals surface area (Å²) >= 11 is 6.25. The normalized spacial score (nSPS) is 27.7. The molecule has 1 aromatic heterocycles. The smallest absolute Gasteiger partial charge is 0.266 e. The van der Waals surface area contributed by atoms with Crippen LogP contribution >= 0.6 is 11.6 Å². The summed E-state index contributed by atoms with van der Waals surface area (Å²) in [5.74, 6) is -1.17. The Morgan fingerprint density at radius 2 is 1.73 bits per heavy atom. The standard InChI is InChI=1S/C29H21ClN4O3/c30-16-7-5-8-17(15-16)33-26(36)23-22-13-6-14-32(22)29(24(23)27(33)37)19-10-2-4-12-21(19)34-25(35)18-9-1-3-11-20(18)31-28(29)34/h1-5,7-12,15,22-24H,6,13-14H2/t22?,23-,24+,29?/m0/s1. The monoisotopic (exact) mass is 508 g/mol. The van der Waals surface area contributed by atoms with Crippen LogP contribution in [0.5, 0.6) is 0 Å². The van der Waals surface area contributed by atoms with Crippen molar-refractivity contribution in [2.75, 3.05) is 11.4 Å². The Bertz CT molecular complexity index is 1750. The van der Waals surface area contributed by atoms with Gasteiger partial charge in [-0.3, -0.25) is 23.9 Å². The van der Waals surface area contributed by atoms with E-state index in [0.29, 0.717) is 27.4 Å². The Balaban J connectivity index is 1.46.